The second-order valence-corrected chi connectivity index (χ2v) is 10.9. The number of sulfone groups is 1. The number of halogens is 2. The lowest BCUT2D eigenvalue weighted by Gasteiger charge is -2.44. The van der Waals surface area contributed by atoms with Gasteiger partial charge in [-0.2, -0.15) is 0 Å². The third kappa shape index (κ3) is 3.79. The highest BCUT2D eigenvalue weighted by atomic mass is 32.2. The molecule has 3 rings (SSSR count). The molecule has 9 nitrogen and oxygen atoms in total. The van der Waals surface area contributed by atoms with Crippen molar-refractivity contribution < 1.29 is 26.7 Å². The Morgan fingerprint density at radius 2 is 2.03 bits per heavy atom. The van der Waals surface area contributed by atoms with Crippen LogP contribution < -0.4 is 15.8 Å². The normalized spacial score (nSPS) is 26.0. The van der Waals surface area contributed by atoms with Gasteiger partial charge in [-0.15, -0.1) is 0 Å². The fourth-order valence-electron chi connectivity index (χ4n) is 4.09. The number of carbonyl (C=O) groups is 1. The number of ether oxygens (including phenoxy) is 1. The van der Waals surface area contributed by atoms with Crippen molar-refractivity contribution in [1.82, 2.24) is 9.97 Å². The fraction of sp³-hybridized carbons (Fsp3) is 0.455. The second-order valence-electron chi connectivity index (χ2n) is 8.31. The van der Waals surface area contributed by atoms with Crippen molar-refractivity contribution in [3.63, 3.8) is 0 Å². The van der Waals surface area contributed by atoms with Gasteiger partial charge in [0.15, 0.2) is 14.6 Å². The van der Waals surface area contributed by atoms with Gasteiger partial charge in [-0.1, -0.05) is 6.92 Å². The summed E-state index contributed by atoms with van der Waals surface area (Å²) in [5.41, 5.74) is 4.75. The summed E-state index contributed by atoms with van der Waals surface area (Å²) in [6.45, 7) is 4.63. The Morgan fingerprint density at radius 1 is 1.35 bits per heavy atom. The number of aromatic nitrogens is 2. The topological polar surface area (TPSA) is 137 Å². The predicted molar refractivity (Wildman–Crippen MR) is 124 cm³/mol. The minimum Gasteiger partial charge on any atom is -0.480 e. The number of nitrogens with two attached hydrogens (primary N) is 1. The lowest BCUT2D eigenvalue weighted by Crippen LogP contribution is -2.62. The van der Waals surface area contributed by atoms with E-state index in [1.165, 1.54) is 46.2 Å². The third-order valence-corrected chi connectivity index (χ3v) is 9.61. The number of anilines is 1. The number of hydrogen-bond donors (Lipinski definition) is 2. The number of nitrogens with zero attached hydrogens (tertiary/aromatic N) is 3. The van der Waals surface area contributed by atoms with Gasteiger partial charge in [0, 0.05) is 11.3 Å². The first kappa shape index (κ1) is 25.5. The Balaban J connectivity index is 2.05. The highest BCUT2D eigenvalue weighted by molar-refractivity contribution is 7.94. The predicted octanol–water partition coefficient (Wildman–Crippen LogP) is 2.69. The average Bonchev–Trinajstić information content (AvgIpc) is 2.79. The van der Waals surface area contributed by atoms with E-state index >= 15 is 0 Å². The number of amidine groups is 1. The monoisotopic (exact) mass is 495 g/mol. The summed E-state index contributed by atoms with van der Waals surface area (Å²) in [7, 11) is -2.77. The number of methoxy groups -OCH3 is 1. The summed E-state index contributed by atoms with van der Waals surface area (Å²) in [5.74, 6) is -1.52. The molecular weight excluding hydrogens is 468 g/mol. The Labute approximate surface area is 196 Å². The van der Waals surface area contributed by atoms with E-state index in [4.69, 9.17) is 10.5 Å². The van der Waals surface area contributed by atoms with Crippen LogP contribution in [0.4, 0.5) is 14.5 Å². The van der Waals surface area contributed by atoms with Crippen LogP contribution in [0.1, 0.15) is 48.9 Å². The van der Waals surface area contributed by atoms with E-state index in [0.29, 0.717) is 5.69 Å². The number of benzene rings is 1. The van der Waals surface area contributed by atoms with E-state index in [0.717, 1.165) is 6.07 Å². The molecule has 1 aromatic carbocycles. The van der Waals surface area contributed by atoms with Crippen molar-refractivity contribution in [2.45, 2.75) is 49.7 Å². The molecule has 0 saturated carbocycles. The number of carbonyl (C=O) groups excluding carboxylic acids is 1. The molecule has 0 aliphatic carbocycles. The average molecular weight is 496 g/mol. The van der Waals surface area contributed by atoms with Crippen molar-refractivity contribution in [3.8, 4) is 5.88 Å². The van der Waals surface area contributed by atoms with Gasteiger partial charge >= 0.3 is 0 Å². The van der Waals surface area contributed by atoms with Crippen LogP contribution >= 0.6 is 0 Å². The number of alkyl halides is 1. The van der Waals surface area contributed by atoms with E-state index < -0.39 is 49.6 Å². The van der Waals surface area contributed by atoms with E-state index in [1.54, 1.807) is 6.92 Å². The maximum Gasteiger partial charge on any atom is 0.276 e. The number of amides is 1. The molecule has 0 spiro atoms. The van der Waals surface area contributed by atoms with Gasteiger partial charge in [0.1, 0.15) is 29.6 Å². The third-order valence-electron chi connectivity index (χ3n) is 6.53. The van der Waals surface area contributed by atoms with Gasteiger partial charge in [-0.05, 0) is 45.4 Å². The molecule has 0 bridgehead atoms. The minimum atomic E-state index is -4.19. The Morgan fingerprint density at radius 3 is 2.59 bits per heavy atom. The SMILES string of the molecule is CC[C@]1(CF)C(N)=N[C@](C)(c2cc(NC(=O)c3ncc(OC)nc3C)ccc2F)C(C)S1(=O)=O. The van der Waals surface area contributed by atoms with Gasteiger partial charge in [-0.3, -0.25) is 9.79 Å². The molecular formula is C22H27F2N5O4S. The summed E-state index contributed by atoms with van der Waals surface area (Å²) in [5, 5.41) is 1.31. The van der Waals surface area contributed by atoms with Crippen LogP contribution in [0, 0.1) is 12.7 Å². The first-order valence-corrected chi connectivity index (χ1v) is 12.1. The maximum absolute atomic E-state index is 15.0. The summed E-state index contributed by atoms with van der Waals surface area (Å²) < 4.78 is 58.6. The van der Waals surface area contributed by atoms with Crippen LogP contribution in [0.25, 0.3) is 0 Å². The quantitative estimate of drug-likeness (QED) is 0.629. The Bertz CT molecular complexity index is 1260. The van der Waals surface area contributed by atoms with Crippen LogP contribution in [0.2, 0.25) is 0 Å². The van der Waals surface area contributed by atoms with Crippen molar-refractivity contribution in [2.75, 3.05) is 19.1 Å². The molecule has 0 radical (unpaired) electrons. The summed E-state index contributed by atoms with van der Waals surface area (Å²) in [6, 6.07) is 3.70. The molecule has 1 amide bonds. The second kappa shape index (κ2) is 8.90. The van der Waals surface area contributed by atoms with E-state index in [-0.39, 0.29) is 29.2 Å². The van der Waals surface area contributed by atoms with Crippen LogP contribution in [-0.2, 0) is 15.4 Å². The van der Waals surface area contributed by atoms with E-state index in [1.807, 2.05) is 0 Å². The zero-order chi connectivity index (χ0) is 25.5. The number of rotatable bonds is 6. The van der Waals surface area contributed by atoms with Gasteiger partial charge < -0.3 is 15.8 Å². The summed E-state index contributed by atoms with van der Waals surface area (Å²) in [4.78, 5) is 25.2. The van der Waals surface area contributed by atoms with Crippen LogP contribution in [0.5, 0.6) is 5.88 Å². The zero-order valence-corrected chi connectivity index (χ0v) is 20.3. The highest BCUT2D eigenvalue weighted by Gasteiger charge is 2.59. The van der Waals surface area contributed by atoms with Crippen LogP contribution in [-0.4, -0.2) is 53.9 Å². The zero-order valence-electron chi connectivity index (χ0n) is 19.5. The molecule has 12 heteroatoms. The Kier molecular flexibility index (Phi) is 6.66. The molecule has 1 unspecified atom stereocenters. The lowest BCUT2D eigenvalue weighted by atomic mass is 9.87. The molecule has 2 heterocycles. The molecule has 1 aliphatic heterocycles. The fourth-order valence-corrected chi connectivity index (χ4v) is 6.44. The molecule has 184 valence electrons. The molecule has 3 N–H and O–H groups in total. The molecule has 3 atom stereocenters. The van der Waals surface area contributed by atoms with Crippen LogP contribution in [0.15, 0.2) is 29.4 Å². The largest absolute Gasteiger partial charge is 0.480 e. The Hall–Kier alpha value is -3.15. The van der Waals surface area contributed by atoms with Gasteiger partial charge in [0.2, 0.25) is 5.88 Å². The number of nitrogens with one attached hydrogen (secondary N) is 1. The van der Waals surface area contributed by atoms with Crippen molar-refractivity contribution in [3.05, 3.63) is 47.2 Å². The van der Waals surface area contributed by atoms with E-state index in [2.05, 4.69) is 20.3 Å². The van der Waals surface area contributed by atoms with Crippen molar-refractivity contribution in [2.24, 2.45) is 10.7 Å². The number of aryl methyl sites for hydroxylation is 1. The van der Waals surface area contributed by atoms with Crippen molar-refractivity contribution >= 4 is 27.3 Å². The molecule has 0 saturated heterocycles. The van der Waals surface area contributed by atoms with Gasteiger partial charge in [-0.25, -0.2) is 27.2 Å². The van der Waals surface area contributed by atoms with E-state index in [9.17, 15) is 22.0 Å². The molecule has 34 heavy (non-hydrogen) atoms. The first-order chi connectivity index (χ1) is 15.9. The van der Waals surface area contributed by atoms with Crippen LogP contribution in [0.3, 0.4) is 0 Å². The van der Waals surface area contributed by atoms with Crippen molar-refractivity contribution in [1.29, 1.82) is 0 Å². The molecule has 0 fully saturated rings. The minimum absolute atomic E-state index is 0.0319. The summed E-state index contributed by atoms with van der Waals surface area (Å²) >= 11 is 0. The number of hydrogen-bond acceptors (Lipinski definition) is 8. The molecule has 1 aromatic heterocycles. The molecule has 1 aliphatic rings. The van der Waals surface area contributed by atoms with Gasteiger partial charge in [0.05, 0.1) is 24.3 Å². The highest BCUT2D eigenvalue weighted by Crippen LogP contribution is 2.45. The summed E-state index contributed by atoms with van der Waals surface area (Å²) in [6.07, 6.45) is 1.18. The number of aliphatic imine (C=N–C) groups is 1. The maximum atomic E-state index is 15.0. The van der Waals surface area contributed by atoms with Gasteiger partial charge in [0.25, 0.3) is 5.91 Å². The lowest BCUT2D eigenvalue weighted by molar-refractivity contribution is 0.102. The smallest absolute Gasteiger partial charge is 0.276 e. The molecule has 2 aromatic rings. The first-order valence-electron chi connectivity index (χ1n) is 10.5. The standard InChI is InChI=1S/C22H27F2N5O4S/c1-6-22(11-23)20(25)29-21(4,13(3)34(22,31)32)15-9-14(7-8-16(15)24)28-19(30)18-12(2)27-17(33-5)10-26-18/h7-10,13H,6,11H2,1-5H3,(H2,25,29)(H,28,30)/t13?,21-,22-/m0/s1.